The number of aromatic nitrogens is 2. The number of rotatable bonds is 3. The first-order chi connectivity index (χ1) is 11.5. The summed E-state index contributed by atoms with van der Waals surface area (Å²) in [7, 11) is 3.25. The Morgan fingerprint density at radius 3 is 2.54 bits per heavy atom. The number of hydrogen-bond acceptors (Lipinski definition) is 4. The standard InChI is InChI=1S/C18H23N3O2S/c1-13-4-6-14(7-5-13)16-12-24-9-8-21(16)11-15-10-17(22)20(3)18(23)19(15)2/h4-7,10,16H,8-9,11-12H2,1-3H3/t16-/m1/s1. The maximum Gasteiger partial charge on any atom is 0.330 e. The molecule has 1 atom stereocenters. The van der Waals surface area contributed by atoms with E-state index in [0.29, 0.717) is 12.6 Å². The summed E-state index contributed by atoms with van der Waals surface area (Å²) >= 11 is 1.95. The lowest BCUT2D eigenvalue weighted by Crippen LogP contribution is -2.41. The molecule has 24 heavy (non-hydrogen) atoms. The van der Waals surface area contributed by atoms with E-state index < -0.39 is 0 Å². The van der Waals surface area contributed by atoms with E-state index in [1.54, 1.807) is 17.7 Å². The van der Waals surface area contributed by atoms with E-state index in [4.69, 9.17) is 0 Å². The Morgan fingerprint density at radius 2 is 1.83 bits per heavy atom. The van der Waals surface area contributed by atoms with Gasteiger partial charge in [-0.25, -0.2) is 4.79 Å². The van der Waals surface area contributed by atoms with Crippen molar-refractivity contribution < 1.29 is 0 Å². The zero-order valence-corrected chi connectivity index (χ0v) is 15.2. The molecule has 0 radical (unpaired) electrons. The smallest absolute Gasteiger partial charge is 0.299 e. The van der Waals surface area contributed by atoms with Crippen LogP contribution in [0.15, 0.2) is 39.9 Å². The molecule has 1 aromatic heterocycles. The Labute approximate surface area is 145 Å². The predicted molar refractivity (Wildman–Crippen MR) is 98.6 cm³/mol. The zero-order chi connectivity index (χ0) is 17.3. The van der Waals surface area contributed by atoms with Crippen molar-refractivity contribution in [1.29, 1.82) is 0 Å². The lowest BCUT2D eigenvalue weighted by molar-refractivity contribution is 0.206. The molecule has 0 N–H and O–H groups in total. The van der Waals surface area contributed by atoms with Gasteiger partial charge in [-0.15, -0.1) is 0 Å². The van der Waals surface area contributed by atoms with Crippen molar-refractivity contribution in [3.63, 3.8) is 0 Å². The molecule has 1 saturated heterocycles. The van der Waals surface area contributed by atoms with Crippen molar-refractivity contribution in [2.75, 3.05) is 18.1 Å². The summed E-state index contributed by atoms with van der Waals surface area (Å²) in [4.78, 5) is 26.5. The Balaban J connectivity index is 1.91. The number of nitrogens with zero attached hydrogens (tertiary/aromatic N) is 3. The monoisotopic (exact) mass is 345 g/mol. The van der Waals surface area contributed by atoms with Gasteiger partial charge in [-0.2, -0.15) is 11.8 Å². The van der Waals surface area contributed by atoms with Gasteiger partial charge in [-0.05, 0) is 12.5 Å². The summed E-state index contributed by atoms with van der Waals surface area (Å²) in [6.07, 6.45) is 0. The van der Waals surface area contributed by atoms with Crippen molar-refractivity contribution in [3.8, 4) is 0 Å². The average molecular weight is 345 g/mol. The minimum atomic E-state index is -0.268. The summed E-state index contributed by atoms with van der Waals surface area (Å²) in [5.74, 6) is 2.10. The van der Waals surface area contributed by atoms with E-state index in [2.05, 4.69) is 36.1 Å². The number of thioether (sulfide) groups is 1. The highest BCUT2D eigenvalue weighted by Crippen LogP contribution is 2.30. The van der Waals surface area contributed by atoms with Crippen LogP contribution in [0.4, 0.5) is 0 Å². The molecule has 0 amide bonds. The topological polar surface area (TPSA) is 47.2 Å². The van der Waals surface area contributed by atoms with Crippen LogP contribution in [0.3, 0.4) is 0 Å². The molecule has 128 valence electrons. The summed E-state index contributed by atoms with van der Waals surface area (Å²) in [5, 5.41) is 0. The van der Waals surface area contributed by atoms with Crippen molar-refractivity contribution in [1.82, 2.24) is 14.0 Å². The molecular formula is C18H23N3O2S. The van der Waals surface area contributed by atoms with Gasteiger partial charge in [0.1, 0.15) is 0 Å². The molecular weight excluding hydrogens is 322 g/mol. The first kappa shape index (κ1) is 17.0. The minimum absolute atomic E-state index is 0.244. The highest BCUT2D eigenvalue weighted by molar-refractivity contribution is 7.99. The first-order valence-corrected chi connectivity index (χ1v) is 9.27. The molecule has 1 aliphatic heterocycles. The van der Waals surface area contributed by atoms with Crippen LogP contribution in [0.25, 0.3) is 0 Å². The molecule has 1 fully saturated rings. The fraction of sp³-hybridized carbons (Fsp3) is 0.444. The zero-order valence-electron chi connectivity index (χ0n) is 14.4. The number of benzene rings is 1. The van der Waals surface area contributed by atoms with Gasteiger partial charge in [0.25, 0.3) is 5.56 Å². The van der Waals surface area contributed by atoms with Crippen LogP contribution in [-0.2, 0) is 20.6 Å². The van der Waals surface area contributed by atoms with Crippen LogP contribution in [0.1, 0.15) is 22.9 Å². The van der Waals surface area contributed by atoms with E-state index in [1.807, 2.05) is 11.8 Å². The Bertz CT molecular complexity index is 839. The van der Waals surface area contributed by atoms with Gasteiger partial charge < -0.3 is 0 Å². The first-order valence-electron chi connectivity index (χ1n) is 8.11. The second-order valence-corrected chi connectivity index (χ2v) is 7.50. The number of aryl methyl sites for hydroxylation is 1. The van der Waals surface area contributed by atoms with Gasteiger partial charge in [0.15, 0.2) is 0 Å². The average Bonchev–Trinajstić information content (AvgIpc) is 2.59. The van der Waals surface area contributed by atoms with Crippen LogP contribution in [-0.4, -0.2) is 32.1 Å². The van der Waals surface area contributed by atoms with Gasteiger partial charge in [0, 0.05) is 56.5 Å². The molecule has 0 bridgehead atoms. The molecule has 2 heterocycles. The molecule has 1 aromatic carbocycles. The fourth-order valence-corrected chi connectivity index (χ4v) is 4.22. The largest absolute Gasteiger partial charge is 0.330 e. The third-order valence-electron chi connectivity index (χ3n) is 4.69. The minimum Gasteiger partial charge on any atom is -0.299 e. The van der Waals surface area contributed by atoms with Crippen LogP contribution < -0.4 is 11.2 Å². The van der Waals surface area contributed by atoms with E-state index in [0.717, 1.165) is 28.3 Å². The molecule has 0 saturated carbocycles. The van der Waals surface area contributed by atoms with Crippen LogP contribution in [0.5, 0.6) is 0 Å². The molecule has 6 heteroatoms. The van der Waals surface area contributed by atoms with Crippen LogP contribution in [0.2, 0.25) is 0 Å². The fourth-order valence-electron chi connectivity index (χ4n) is 3.06. The maximum absolute atomic E-state index is 12.1. The number of hydrogen-bond donors (Lipinski definition) is 0. The Kier molecular flexibility index (Phi) is 4.96. The molecule has 0 spiro atoms. The van der Waals surface area contributed by atoms with Gasteiger partial charge in [-0.1, -0.05) is 29.8 Å². The van der Waals surface area contributed by atoms with E-state index in [9.17, 15) is 9.59 Å². The van der Waals surface area contributed by atoms with Crippen LogP contribution in [0, 0.1) is 6.92 Å². The van der Waals surface area contributed by atoms with Gasteiger partial charge in [0.2, 0.25) is 0 Å². The van der Waals surface area contributed by atoms with E-state index >= 15 is 0 Å². The van der Waals surface area contributed by atoms with Gasteiger partial charge in [0.05, 0.1) is 0 Å². The Hall–Kier alpha value is -1.79. The van der Waals surface area contributed by atoms with Crippen LogP contribution >= 0.6 is 11.8 Å². The Morgan fingerprint density at radius 1 is 1.12 bits per heavy atom. The third kappa shape index (κ3) is 3.35. The quantitative estimate of drug-likeness (QED) is 0.849. The second kappa shape index (κ2) is 6.99. The molecule has 5 nitrogen and oxygen atoms in total. The van der Waals surface area contributed by atoms with Gasteiger partial charge in [-0.3, -0.25) is 18.8 Å². The normalized spacial score (nSPS) is 18.7. The molecule has 2 aromatic rings. The highest BCUT2D eigenvalue weighted by Gasteiger charge is 2.25. The lowest BCUT2D eigenvalue weighted by atomic mass is 10.0. The summed E-state index contributed by atoms with van der Waals surface area (Å²) in [5.41, 5.74) is 2.80. The van der Waals surface area contributed by atoms with Crippen molar-refractivity contribution >= 4 is 11.8 Å². The second-order valence-electron chi connectivity index (χ2n) is 6.35. The van der Waals surface area contributed by atoms with Crippen molar-refractivity contribution in [3.05, 3.63) is 68.0 Å². The van der Waals surface area contributed by atoms with Crippen molar-refractivity contribution in [2.24, 2.45) is 14.1 Å². The summed E-state index contributed by atoms with van der Waals surface area (Å²) < 4.78 is 2.72. The van der Waals surface area contributed by atoms with E-state index in [-0.39, 0.29) is 11.2 Å². The van der Waals surface area contributed by atoms with Gasteiger partial charge >= 0.3 is 5.69 Å². The molecule has 0 aliphatic carbocycles. The lowest BCUT2D eigenvalue weighted by Gasteiger charge is -2.36. The molecule has 1 aliphatic rings. The maximum atomic E-state index is 12.1. The summed E-state index contributed by atoms with van der Waals surface area (Å²) in [6, 6.07) is 10.5. The SMILES string of the molecule is Cc1ccc([C@H]2CSCCN2Cc2cc(=O)n(C)c(=O)n2C)cc1. The molecule has 0 unspecified atom stereocenters. The third-order valence-corrected chi connectivity index (χ3v) is 5.71. The highest BCUT2D eigenvalue weighted by atomic mass is 32.2. The van der Waals surface area contributed by atoms with Crippen molar-refractivity contribution in [2.45, 2.75) is 19.5 Å². The van der Waals surface area contributed by atoms with E-state index in [1.165, 1.54) is 18.2 Å². The predicted octanol–water partition coefficient (Wildman–Crippen LogP) is 1.68. The molecule has 3 rings (SSSR count). The summed E-state index contributed by atoms with van der Waals surface area (Å²) in [6.45, 7) is 3.65.